The second-order valence-corrected chi connectivity index (χ2v) is 7.57. The smallest absolute Gasteiger partial charge is 0.264 e. The van der Waals surface area contributed by atoms with E-state index in [4.69, 9.17) is 32.7 Å². The van der Waals surface area contributed by atoms with Crippen molar-refractivity contribution in [1.29, 1.82) is 0 Å². The van der Waals surface area contributed by atoms with Gasteiger partial charge in [-0.3, -0.25) is 10.1 Å². The molecule has 0 unspecified atom stereocenters. The van der Waals surface area contributed by atoms with Crippen LogP contribution in [-0.2, 0) is 4.79 Å². The van der Waals surface area contributed by atoms with Gasteiger partial charge >= 0.3 is 0 Å². The van der Waals surface area contributed by atoms with Gasteiger partial charge in [-0.1, -0.05) is 23.2 Å². The van der Waals surface area contributed by atoms with E-state index < -0.39 is 5.91 Å². The maximum Gasteiger partial charge on any atom is 0.264 e. The molecule has 1 amide bonds. The van der Waals surface area contributed by atoms with Crippen molar-refractivity contribution in [3.8, 4) is 22.8 Å². The van der Waals surface area contributed by atoms with Crippen LogP contribution in [0.3, 0.4) is 0 Å². The lowest BCUT2D eigenvalue weighted by atomic mass is 10.2. The molecule has 0 spiro atoms. The van der Waals surface area contributed by atoms with Crippen LogP contribution < -0.4 is 14.8 Å². The highest BCUT2D eigenvalue weighted by Crippen LogP contribution is 2.28. The minimum atomic E-state index is -0.412. The lowest BCUT2D eigenvalue weighted by Gasteiger charge is -2.07. The standard InChI is InChI=1S/C19H14Cl2N4O3S/c1-27-13-5-2-11(3-6-13)15-10-29-19-23-18(24-25(15)19)22-17(26)9-28-16-8-12(20)4-7-14(16)21/h2-8,10H,9H2,1H3,(H,22,24,26). The second kappa shape index (κ2) is 8.28. The predicted octanol–water partition coefficient (Wildman–Crippen LogP) is 4.79. The number of thiazole rings is 1. The normalized spacial score (nSPS) is 10.9. The third-order valence-corrected chi connectivity index (χ3v) is 5.33. The third kappa shape index (κ3) is 4.29. The number of carbonyl (C=O) groups excluding carboxylic acids is 1. The average Bonchev–Trinajstić information content (AvgIpc) is 3.29. The van der Waals surface area contributed by atoms with Gasteiger partial charge in [-0.15, -0.1) is 16.4 Å². The van der Waals surface area contributed by atoms with Crippen LogP contribution in [0.1, 0.15) is 0 Å². The zero-order valence-corrected chi connectivity index (χ0v) is 17.4. The van der Waals surface area contributed by atoms with Crippen molar-refractivity contribution in [1.82, 2.24) is 14.6 Å². The van der Waals surface area contributed by atoms with Gasteiger partial charge in [0.2, 0.25) is 4.96 Å². The number of benzene rings is 2. The summed E-state index contributed by atoms with van der Waals surface area (Å²) in [5.41, 5.74) is 1.82. The number of hydrogen-bond donors (Lipinski definition) is 1. The van der Waals surface area contributed by atoms with E-state index in [2.05, 4.69) is 15.4 Å². The molecule has 0 aliphatic rings. The van der Waals surface area contributed by atoms with Crippen LogP contribution in [-0.4, -0.2) is 34.2 Å². The number of methoxy groups -OCH3 is 1. The number of halogens is 2. The van der Waals surface area contributed by atoms with Crippen LogP contribution in [0.4, 0.5) is 5.95 Å². The Morgan fingerprint density at radius 3 is 2.76 bits per heavy atom. The molecule has 2 aromatic heterocycles. The summed E-state index contributed by atoms with van der Waals surface area (Å²) >= 11 is 13.4. The van der Waals surface area contributed by atoms with Crippen molar-refractivity contribution < 1.29 is 14.3 Å². The Labute approximate surface area is 179 Å². The lowest BCUT2D eigenvalue weighted by molar-refractivity contribution is -0.118. The molecular weight excluding hydrogens is 435 g/mol. The minimum absolute atomic E-state index is 0.192. The van der Waals surface area contributed by atoms with Crippen molar-refractivity contribution in [2.24, 2.45) is 0 Å². The SMILES string of the molecule is COc1ccc(-c2csc3nc(NC(=O)COc4cc(Cl)ccc4Cl)nn23)cc1. The molecule has 2 aromatic carbocycles. The zero-order valence-electron chi connectivity index (χ0n) is 15.1. The largest absolute Gasteiger partial charge is 0.497 e. The molecule has 0 aliphatic carbocycles. The first-order valence-corrected chi connectivity index (χ1v) is 10.0. The molecule has 0 fully saturated rings. The number of ether oxygens (including phenoxy) is 2. The highest BCUT2D eigenvalue weighted by atomic mass is 35.5. The first-order valence-electron chi connectivity index (χ1n) is 8.40. The molecule has 29 heavy (non-hydrogen) atoms. The van der Waals surface area contributed by atoms with Crippen molar-refractivity contribution in [2.75, 3.05) is 19.0 Å². The lowest BCUT2D eigenvalue weighted by Crippen LogP contribution is -2.21. The maximum atomic E-state index is 12.2. The number of rotatable bonds is 6. The molecule has 0 aliphatic heterocycles. The van der Waals surface area contributed by atoms with Gasteiger partial charge in [0.05, 0.1) is 17.8 Å². The number of nitrogens with zero attached hydrogens (tertiary/aromatic N) is 3. The first kappa shape index (κ1) is 19.5. The van der Waals surface area contributed by atoms with E-state index in [-0.39, 0.29) is 12.6 Å². The van der Waals surface area contributed by atoms with Crippen LogP contribution in [0.5, 0.6) is 11.5 Å². The molecule has 7 nitrogen and oxygen atoms in total. The molecule has 4 aromatic rings. The molecule has 10 heteroatoms. The van der Waals surface area contributed by atoms with Gasteiger partial charge in [0.15, 0.2) is 6.61 Å². The van der Waals surface area contributed by atoms with E-state index in [1.807, 2.05) is 29.6 Å². The van der Waals surface area contributed by atoms with E-state index >= 15 is 0 Å². The third-order valence-electron chi connectivity index (χ3n) is 3.97. The van der Waals surface area contributed by atoms with E-state index in [0.29, 0.717) is 20.8 Å². The summed E-state index contributed by atoms with van der Waals surface area (Å²) in [6, 6.07) is 12.4. The molecule has 1 N–H and O–H groups in total. The first-order chi connectivity index (χ1) is 14.0. The minimum Gasteiger partial charge on any atom is -0.497 e. The fraction of sp³-hybridized carbons (Fsp3) is 0.105. The average molecular weight is 449 g/mol. The number of carbonyl (C=O) groups is 1. The molecular formula is C19H14Cl2N4O3S. The van der Waals surface area contributed by atoms with Crippen LogP contribution in [0, 0.1) is 0 Å². The maximum absolute atomic E-state index is 12.2. The highest BCUT2D eigenvalue weighted by molar-refractivity contribution is 7.15. The topological polar surface area (TPSA) is 77.8 Å². The van der Waals surface area contributed by atoms with Crippen molar-refractivity contribution in [2.45, 2.75) is 0 Å². The summed E-state index contributed by atoms with van der Waals surface area (Å²) in [4.78, 5) is 17.2. The molecule has 0 bridgehead atoms. The van der Waals surface area contributed by atoms with E-state index in [0.717, 1.165) is 17.0 Å². The zero-order chi connectivity index (χ0) is 20.4. The Morgan fingerprint density at radius 2 is 2.00 bits per heavy atom. The van der Waals surface area contributed by atoms with Crippen LogP contribution in [0.25, 0.3) is 16.2 Å². The molecule has 0 saturated carbocycles. The van der Waals surface area contributed by atoms with Crippen LogP contribution >= 0.6 is 34.5 Å². The monoisotopic (exact) mass is 448 g/mol. The van der Waals surface area contributed by atoms with E-state index in [9.17, 15) is 4.79 Å². The Hall–Kier alpha value is -2.81. The summed E-state index contributed by atoms with van der Waals surface area (Å²) < 4.78 is 12.3. The second-order valence-electron chi connectivity index (χ2n) is 5.89. The van der Waals surface area contributed by atoms with Crippen LogP contribution in [0.2, 0.25) is 10.0 Å². The number of anilines is 1. The molecule has 0 radical (unpaired) electrons. The van der Waals surface area contributed by atoms with E-state index in [1.165, 1.54) is 11.3 Å². The van der Waals surface area contributed by atoms with Gasteiger partial charge in [0.1, 0.15) is 11.5 Å². The Bertz CT molecular complexity index is 1170. The number of fused-ring (bicyclic) bond motifs is 1. The van der Waals surface area contributed by atoms with Crippen molar-refractivity contribution >= 4 is 51.4 Å². The highest BCUT2D eigenvalue weighted by Gasteiger charge is 2.14. The Kier molecular flexibility index (Phi) is 5.57. The van der Waals surface area contributed by atoms with Gasteiger partial charge < -0.3 is 9.47 Å². The Morgan fingerprint density at radius 1 is 1.21 bits per heavy atom. The summed E-state index contributed by atoms with van der Waals surface area (Å²) in [7, 11) is 1.62. The molecule has 148 valence electrons. The van der Waals surface area contributed by atoms with Gasteiger partial charge in [-0.25, -0.2) is 4.52 Å². The molecule has 0 saturated heterocycles. The van der Waals surface area contributed by atoms with Gasteiger partial charge in [0, 0.05) is 22.0 Å². The molecule has 4 rings (SSSR count). The summed E-state index contributed by atoms with van der Waals surface area (Å²) in [6.45, 7) is -0.252. The number of hydrogen-bond acceptors (Lipinski definition) is 6. The van der Waals surface area contributed by atoms with E-state index in [1.54, 1.807) is 29.8 Å². The predicted molar refractivity (Wildman–Crippen MR) is 113 cm³/mol. The summed E-state index contributed by atoms with van der Waals surface area (Å²) in [6.07, 6.45) is 0. The van der Waals surface area contributed by atoms with Gasteiger partial charge in [0.25, 0.3) is 11.9 Å². The fourth-order valence-corrected chi connectivity index (χ4v) is 3.75. The number of nitrogens with one attached hydrogen (secondary N) is 1. The van der Waals surface area contributed by atoms with Gasteiger partial charge in [-0.2, -0.15) is 4.98 Å². The summed E-state index contributed by atoms with van der Waals surface area (Å²) in [5.74, 6) is 0.879. The number of aromatic nitrogens is 3. The van der Waals surface area contributed by atoms with Crippen LogP contribution in [0.15, 0.2) is 47.8 Å². The summed E-state index contributed by atoms with van der Waals surface area (Å²) in [5, 5.41) is 9.77. The molecule has 0 atom stereocenters. The quantitative estimate of drug-likeness (QED) is 0.458. The van der Waals surface area contributed by atoms with Crippen molar-refractivity contribution in [3.05, 3.63) is 57.9 Å². The fourth-order valence-electron chi connectivity index (χ4n) is 2.59. The Balaban J connectivity index is 1.46. The molecule has 2 heterocycles. The van der Waals surface area contributed by atoms with Gasteiger partial charge in [-0.05, 0) is 36.4 Å². The van der Waals surface area contributed by atoms with Crippen molar-refractivity contribution in [3.63, 3.8) is 0 Å². The number of amides is 1.